The number of rotatable bonds is 1. The molecule has 5 nitrogen and oxygen atoms in total. The number of amides is 1. The van der Waals surface area contributed by atoms with Crippen LogP contribution in [0.4, 0.5) is 5.69 Å². The fourth-order valence-electron chi connectivity index (χ4n) is 2.19. The number of carbonyl (C=O) groups excluding carboxylic acids is 1. The summed E-state index contributed by atoms with van der Waals surface area (Å²) in [6.45, 7) is 1.55. The van der Waals surface area contributed by atoms with Gasteiger partial charge in [0.1, 0.15) is 18.1 Å². The van der Waals surface area contributed by atoms with Crippen LogP contribution in [-0.2, 0) is 6.54 Å². The van der Waals surface area contributed by atoms with Gasteiger partial charge in [-0.3, -0.25) is 4.79 Å². The minimum Gasteiger partial charge on any atom is -0.491 e. The normalized spacial score (nSPS) is 14.1. The van der Waals surface area contributed by atoms with Gasteiger partial charge in [0.05, 0.1) is 18.4 Å². The molecule has 2 heterocycles. The predicted molar refractivity (Wildman–Crippen MR) is 75.3 cm³/mol. The van der Waals surface area contributed by atoms with E-state index in [2.05, 4.69) is 4.98 Å². The standard InChI is InChI=1S/C15H15N3O2/c16-12-5-6-13(17-9-12)15(19)18-7-8-20-14-4-2-1-3-11(14)10-18/h1-6,9H,7-8,10,16H2. The molecule has 0 fully saturated rings. The maximum Gasteiger partial charge on any atom is 0.272 e. The molecule has 1 amide bonds. The van der Waals surface area contributed by atoms with E-state index in [1.165, 1.54) is 6.20 Å². The number of anilines is 1. The number of para-hydroxylation sites is 1. The molecule has 1 aromatic heterocycles. The number of nitrogens with zero attached hydrogens (tertiary/aromatic N) is 2. The molecule has 0 radical (unpaired) electrons. The third-order valence-electron chi connectivity index (χ3n) is 3.25. The van der Waals surface area contributed by atoms with Crippen LogP contribution in [0.15, 0.2) is 42.6 Å². The topological polar surface area (TPSA) is 68.5 Å². The highest BCUT2D eigenvalue weighted by atomic mass is 16.5. The zero-order valence-corrected chi connectivity index (χ0v) is 11.0. The van der Waals surface area contributed by atoms with Crippen LogP contribution < -0.4 is 10.5 Å². The summed E-state index contributed by atoms with van der Waals surface area (Å²) in [4.78, 5) is 18.3. The molecular weight excluding hydrogens is 254 g/mol. The van der Waals surface area contributed by atoms with Crippen molar-refractivity contribution in [2.24, 2.45) is 0 Å². The monoisotopic (exact) mass is 269 g/mol. The lowest BCUT2D eigenvalue weighted by molar-refractivity contribution is 0.0727. The average molecular weight is 269 g/mol. The van der Waals surface area contributed by atoms with Gasteiger partial charge in [-0.25, -0.2) is 4.98 Å². The second-order valence-electron chi connectivity index (χ2n) is 4.66. The van der Waals surface area contributed by atoms with Gasteiger partial charge in [0, 0.05) is 12.1 Å². The van der Waals surface area contributed by atoms with Gasteiger partial charge in [0.2, 0.25) is 0 Å². The second kappa shape index (κ2) is 5.21. The minimum absolute atomic E-state index is 0.106. The summed E-state index contributed by atoms with van der Waals surface area (Å²) < 4.78 is 5.65. The van der Waals surface area contributed by atoms with E-state index in [1.54, 1.807) is 17.0 Å². The molecule has 0 bridgehead atoms. The Kier molecular flexibility index (Phi) is 3.25. The summed E-state index contributed by atoms with van der Waals surface area (Å²) in [5.41, 5.74) is 7.54. The van der Waals surface area contributed by atoms with Crippen LogP contribution in [0.1, 0.15) is 16.1 Å². The van der Waals surface area contributed by atoms with Crippen LogP contribution >= 0.6 is 0 Å². The number of pyridine rings is 1. The third kappa shape index (κ3) is 2.42. The van der Waals surface area contributed by atoms with E-state index >= 15 is 0 Å². The molecule has 0 atom stereocenters. The molecule has 2 N–H and O–H groups in total. The number of benzene rings is 1. The molecule has 0 saturated heterocycles. The highest BCUT2D eigenvalue weighted by Gasteiger charge is 2.21. The van der Waals surface area contributed by atoms with E-state index in [0.717, 1.165) is 11.3 Å². The van der Waals surface area contributed by atoms with Gasteiger partial charge in [-0.1, -0.05) is 18.2 Å². The van der Waals surface area contributed by atoms with Crippen molar-refractivity contribution in [1.82, 2.24) is 9.88 Å². The molecule has 0 aliphatic carbocycles. The van der Waals surface area contributed by atoms with E-state index < -0.39 is 0 Å². The van der Waals surface area contributed by atoms with Crippen LogP contribution in [-0.4, -0.2) is 28.9 Å². The molecule has 0 unspecified atom stereocenters. The van der Waals surface area contributed by atoms with E-state index in [4.69, 9.17) is 10.5 Å². The van der Waals surface area contributed by atoms with E-state index in [1.807, 2.05) is 24.3 Å². The smallest absolute Gasteiger partial charge is 0.272 e. The van der Waals surface area contributed by atoms with Gasteiger partial charge < -0.3 is 15.4 Å². The summed E-state index contributed by atoms with van der Waals surface area (Å²) in [7, 11) is 0. The molecule has 2 aromatic rings. The first kappa shape index (κ1) is 12.5. The molecule has 5 heteroatoms. The highest BCUT2D eigenvalue weighted by Crippen LogP contribution is 2.23. The Morgan fingerprint density at radius 3 is 2.90 bits per heavy atom. The van der Waals surface area contributed by atoms with Gasteiger partial charge in [-0.2, -0.15) is 0 Å². The van der Waals surface area contributed by atoms with Crippen molar-refractivity contribution in [3.63, 3.8) is 0 Å². The number of nitrogens with two attached hydrogens (primary N) is 1. The van der Waals surface area contributed by atoms with E-state index in [9.17, 15) is 4.79 Å². The lowest BCUT2D eigenvalue weighted by atomic mass is 10.2. The van der Waals surface area contributed by atoms with Crippen molar-refractivity contribution >= 4 is 11.6 Å². The largest absolute Gasteiger partial charge is 0.491 e. The van der Waals surface area contributed by atoms with Gasteiger partial charge in [-0.15, -0.1) is 0 Å². The van der Waals surface area contributed by atoms with E-state index in [-0.39, 0.29) is 5.91 Å². The first-order chi connectivity index (χ1) is 9.74. The zero-order valence-electron chi connectivity index (χ0n) is 11.0. The fraction of sp³-hybridized carbons (Fsp3) is 0.200. The Bertz CT molecular complexity index is 625. The molecule has 102 valence electrons. The van der Waals surface area contributed by atoms with Crippen molar-refractivity contribution < 1.29 is 9.53 Å². The third-order valence-corrected chi connectivity index (χ3v) is 3.25. The van der Waals surface area contributed by atoms with E-state index in [0.29, 0.717) is 31.1 Å². The van der Waals surface area contributed by atoms with Gasteiger partial charge in [0.25, 0.3) is 5.91 Å². The van der Waals surface area contributed by atoms with Crippen LogP contribution in [0, 0.1) is 0 Å². The fourth-order valence-corrected chi connectivity index (χ4v) is 2.19. The van der Waals surface area contributed by atoms with Crippen molar-refractivity contribution in [3.05, 3.63) is 53.9 Å². The number of nitrogen functional groups attached to an aromatic ring is 1. The molecule has 3 rings (SSSR count). The molecule has 1 aliphatic rings. The number of hydrogen-bond donors (Lipinski definition) is 1. The lowest BCUT2D eigenvalue weighted by Crippen LogP contribution is -2.33. The Labute approximate surface area is 117 Å². The number of fused-ring (bicyclic) bond motifs is 1. The van der Waals surface area contributed by atoms with Crippen LogP contribution in [0.3, 0.4) is 0 Å². The van der Waals surface area contributed by atoms with Crippen LogP contribution in [0.25, 0.3) is 0 Å². The van der Waals surface area contributed by atoms with Crippen molar-refractivity contribution in [2.75, 3.05) is 18.9 Å². The maximum absolute atomic E-state index is 12.4. The molecule has 0 spiro atoms. The second-order valence-corrected chi connectivity index (χ2v) is 4.66. The Morgan fingerprint density at radius 2 is 2.10 bits per heavy atom. The van der Waals surface area contributed by atoms with Gasteiger partial charge >= 0.3 is 0 Å². The summed E-state index contributed by atoms with van der Waals surface area (Å²) >= 11 is 0. The first-order valence-corrected chi connectivity index (χ1v) is 6.45. The van der Waals surface area contributed by atoms with Crippen LogP contribution in [0.5, 0.6) is 5.75 Å². The Morgan fingerprint density at radius 1 is 1.25 bits per heavy atom. The minimum atomic E-state index is -0.106. The summed E-state index contributed by atoms with van der Waals surface area (Å²) in [6, 6.07) is 11.1. The Balaban J connectivity index is 1.84. The quantitative estimate of drug-likeness (QED) is 0.855. The summed E-state index contributed by atoms with van der Waals surface area (Å²) in [5, 5.41) is 0. The van der Waals surface area contributed by atoms with Crippen LogP contribution in [0.2, 0.25) is 0 Å². The summed E-state index contributed by atoms with van der Waals surface area (Å²) in [5.74, 6) is 0.735. The predicted octanol–water partition coefficient (Wildman–Crippen LogP) is 1.70. The lowest BCUT2D eigenvalue weighted by Gasteiger charge is -2.19. The number of carbonyl (C=O) groups is 1. The molecule has 1 aliphatic heterocycles. The van der Waals surface area contributed by atoms with Gasteiger partial charge in [-0.05, 0) is 18.2 Å². The van der Waals surface area contributed by atoms with Crippen molar-refractivity contribution in [1.29, 1.82) is 0 Å². The SMILES string of the molecule is Nc1ccc(C(=O)N2CCOc3ccccc3C2)nc1. The molecule has 0 saturated carbocycles. The number of aromatic nitrogens is 1. The molecule has 20 heavy (non-hydrogen) atoms. The Hall–Kier alpha value is -2.56. The zero-order chi connectivity index (χ0) is 13.9. The maximum atomic E-state index is 12.4. The van der Waals surface area contributed by atoms with Crippen molar-refractivity contribution in [3.8, 4) is 5.75 Å². The highest BCUT2D eigenvalue weighted by molar-refractivity contribution is 5.92. The molecule has 1 aromatic carbocycles. The average Bonchev–Trinajstić information content (AvgIpc) is 2.69. The number of ether oxygens (including phenoxy) is 1. The number of hydrogen-bond acceptors (Lipinski definition) is 4. The summed E-state index contributed by atoms with van der Waals surface area (Å²) in [6.07, 6.45) is 1.50. The first-order valence-electron chi connectivity index (χ1n) is 6.45. The van der Waals surface area contributed by atoms with Crippen molar-refractivity contribution in [2.45, 2.75) is 6.54 Å². The molecular formula is C15H15N3O2. The van der Waals surface area contributed by atoms with Gasteiger partial charge in [0.15, 0.2) is 0 Å².